The number of rotatable bonds is 0. The van der Waals surface area contributed by atoms with Crippen LogP contribution in [0.5, 0.6) is 0 Å². The second-order valence-corrected chi connectivity index (χ2v) is 7.83. The lowest BCUT2D eigenvalue weighted by molar-refractivity contribution is 0.0239. The Labute approximate surface area is 131 Å². The minimum absolute atomic E-state index is 0.108. The van der Waals surface area contributed by atoms with E-state index in [1.54, 1.807) is 0 Å². The van der Waals surface area contributed by atoms with Crippen LogP contribution in [0.2, 0.25) is 0 Å². The van der Waals surface area contributed by atoms with Gasteiger partial charge in [0.05, 0.1) is 12.2 Å². The highest BCUT2D eigenvalue weighted by Crippen LogP contribution is 2.61. The summed E-state index contributed by atoms with van der Waals surface area (Å²) in [5.41, 5.74) is 1.89. The largest absolute Gasteiger partial charge is 0.508 e. The number of aliphatic hydroxyl groups is 3. The lowest BCUT2D eigenvalue weighted by Gasteiger charge is -2.52. The summed E-state index contributed by atoms with van der Waals surface area (Å²) in [4.78, 5) is 0. The Hall–Kier alpha value is -1.32. The second kappa shape index (κ2) is 4.36. The Morgan fingerprint density at radius 1 is 1.14 bits per heavy atom. The Kier molecular flexibility index (Phi) is 2.83. The van der Waals surface area contributed by atoms with Crippen molar-refractivity contribution in [3.63, 3.8) is 0 Å². The maximum Gasteiger partial charge on any atom is 0.115 e. The SMILES string of the molecule is C[C@]12CC[C@H]3C(=C(O)C=C4C[C@@H](O)C=C[C@@]43C)[C@@H]1C=C[C@@H]2O. The molecule has 0 heterocycles. The molecule has 0 unspecified atom stereocenters. The normalized spacial score (nSPS) is 49.5. The van der Waals surface area contributed by atoms with E-state index in [9.17, 15) is 15.3 Å². The van der Waals surface area contributed by atoms with Crippen LogP contribution in [0.3, 0.4) is 0 Å². The van der Waals surface area contributed by atoms with Crippen LogP contribution in [0.25, 0.3) is 0 Å². The van der Waals surface area contributed by atoms with Crippen LogP contribution in [0.4, 0.5) is 0 Å². The molecule has 6 atom stereocenters. The van der Waals surface area contributed by atoms with E-state index in [4.69, 9.17) is 0 Å². The van der Waals surface area contributed by atoms with Crippen LogP contribution in [-0.4, -0.2) is 27.5 Å². The van der Waals surface area contributed by atoms with E-state index in [0.29, 0.717) is 12.2 Å². The van der Waals surface area contributed by atoms with Gasteiger partial charge in [-0.1, -0.05) is 43.7 Å². The molecule has 1 fully saturated rings. The zero-order valence-electron chi connectivity index (χ0n) is 13.2. The molecular weight excluding hydrogens is 276 g/mol. The quantitative estimate of drug-likeness (QED) is 0.603. The predicted molar refractivity (Wildman–Crippen MR) is 85.1 cm³/mol. The van der Waals surface area contributed by atoms with Crippen molar-refractivity contribution in [1.82, 2.24) is 0 Å². The Bertz CT molecular complexity index is 641. The second-order valence-electron chi connectivity index (χ2n) is 7.83. The van der Waals surface area contributed by atoms with Gasteiger partial charge in [-0.05, 0) is 36.8 Å². The van der Waals surface area contributed by atoms with Gasteiger partial charge in [-0.25, -0.2) is 0 Å². The van der Waals surface area contributed by atoms with Crippen LogP contribution < -0.4 is 0 Å². The summed E-state index contributed by atoms with van der Waals surface area (Å²) >= 11 is 0. The smallest absolute Gasteiger partial charge is 0.115 e. The molecule has 0 aromatic heterocycles. The molecule has 1 saturated carbocycles. The zero-order chi connectivity index (χ0) is 15.7. The van der Waals surface area contributed by atoms with Crippen molar-refractivity contribution in [1.29, 1.82) is 0 Å². The van der Waals surface area contributed by atoms with Gasteiger partial charge in [-0.15, -0.1) is 0 Å². The van der Waals surface area contributed by atoms with E-state index < -0.39 is 12.2 Å². The molecule has 0 bridgehead atoms. The number of hydrogen-bond donors (Lipinski definition) is 3. The van der Waals surface area contributed by atoms with E-state index in [2.05, 4.69) is 26.0 Å². The van der Waals surface area contributed by atoms with Crippen molar-refractivity contribution in [2.24, 2.45) is 22.7 Å². The van der Waals surface area contributed by atoms with Gasteiger partial charge in [-0.2, -0.15) is 0 Å². The first kappa shape index (κ1) is 14.3. The third-order valence-electron chi connectivity index (χ3n) is 6.67. The summed E-state index contributed by atoms with van der Waals surface area (Å²) in [6.45, 7) is 4.34. The molecule has 0 amide bonds. The number of hydrogen-bond acceptors (Lipinski definition) is 3. The van der Waals surface area contributed by atoms with Crippen LogP contribution in [0, 0.1) is 22.7 Å². The number of aliphatic hydroxyl groups excluding tert-OH is 3. The molecule has 0 aromatic carbocycles. The van der Waals surface area contributed by atoms with Crippen LogP contribution >= 0.6 is 0 Å². The van der Waals surface area contributed by atoms with Crippen molar-refractivity contribution in [3.05, 3.63) is 47.3 Å². The minimum atomic E-state index is -0.448. The van der Waals surface area contributed by atoms with Gasteiger partial charge in [-0.3, -0.25) is 0 Å². The Morgan fingerprint density at radius 2 is 1.91 bits per heavy atom. The van der Waals surface area contributed by atoms with Gasteiger partial charge in [0, 0.05) is 16.7 Å². The average Bonchev–Trinajstić information content (AvgIpc) is 2.77. The first-order chi connectivity index (χ1) is 10.4. The molecule has 22 heavy (non-hydrogen) atoms. The summed E-state index contributed by atoms with van der Waals surface area (Å²) in [5, 5.41) is 30.9. The average molecular weight is 300 g/mol. The molecule has 0 aromatic rings. The summed E-state index contributed by atoms with van der Waals surface area (Å²) < 4.78 is 0. The van der Waals surface area contributed by atoms with Crippen LogP contribution in [0.1, 0.15) is 33.1 Å². The summed E-state index contributed by atoms with van der Waals surface area (Å²) in [7, 11) is 0. The van der Waals surface area contributed by atoms with Gasteiger partial charge in [0.15, 0.2) is 0 Å². The van der Waals surface area contributed by atoms with Gasteiger partial charge < -0.3 is 15.3 Å². The van der Waals surface area contributed by atoms with Crippen LogP contribution in [-0.2, 0) is 0 Å². The molecule has 3 N–H and O–H groups in total. The number of allylic oxidation sites excluding steroid dienone is 4. The van der Waals surface area contributed by atoms with E-state index in [1.807, 2.05) is 18.2 Å². The first-order valence-electron chi connectivity index (χ1n) is 8.24. The van der Waals surface area contributed by atoms with E-state index >= 15 is 0 Å². The predicted octanol–water partition coefficient (Wildman–Crippen LogP) is 3.03. The highest BCUT2D eigenvalue weighted by Gasteiger charge is 2.55. The fourth-order valence-electron chi connectivity index (χ4n) is 5.12. The highest BCUT2D eigenvalue weighted by atomic mass is 16.3. The van der Waals surface area contributed by atoms with Crippen molar-refractivity contribution in [2.45, 2.75) is 45.3 Å². The van der Waals surface area contributed by atoms with Gasteiger partial charge in [0.1, 0.15) is 5.76 Å². The van der Waals surface area contributed by atoms with Crippen molar-refractivity contribution in [3.8, 4) is 0 Å². The van der Waals surface area contributed by atoms with Gasteiger partial charge in [0.2, 0.25) is 0 Å². The van der Waals surface area contributed by atoms with Gasteiger partial charge in [0.25, 0.3) is 0 Å². The maximum absolute atomic E-state index is 10.7. The summed E-state index contributed by atoms with van der Waals surface area (Å²) in [6, 6.07) is 0. The molecule has 3 nitrogen and oxygen atoms in total. The monoisotopic (exact) mass is 300 g/mol. The fraction of sp³-hybridized carbons (Fsp3) is 0.579. The topological polar surface area (TPSA) is 60.7 Å². The zero-order valence-corrected chi connectivity index (χ0v) is 13.2. The molecule has 4 aliphatic rings. The molecule has 0 saturated heterocycles. The fourth-order valence-corrected chi connectivity index (χ4v) is 5.12. The molecule has 3 heteroatoms. The summed E-state index contributed by atoms with van der Waals surface area (Å²) in [6.07, 6.45) is 11.5. The van der Waals surface area contributed by atoms with E-state index in [-0.39, 0.29) is 22.7 Å². The lowest BCUT2D eigenvalue weighted by Crippen LogP contribution is -2.46. The lowest BCUT2D eigenvalue weighted by atomic mass is 9.52. The molecular formula is C19H24O3. The van der Waals surface area contributed by atoms with Crippen LogP contribution in [0.15, 0.2) is 47.3 Å². The third kappa shape index (κ3) is 1.64. The maximum atomic E-state index is 10.7. The standard InChI is InChI=1S/C19H24O3/c1-18-7-5-12(20)9-11(18)10-15(21)17-13-3-4-16(22)19(13,2)8-6-14(17)18/h3-5,7,10,12-14,16,20-22H,6,8-9H2,1-2H3/t12-,13-,14-,16-,18-,19-/m0/s1. The third-order valence-corrected chi connectivity index (χ3v) is 6.67. The molecule has 0 aliphatic heterocycles. The molecule has 4 rings (SSSR count). The minimum Gasteiger partial charge on any atom is -0.508 e. The van der Waals surface area contributed by atoms with Crippen molar-refractivity contribution >= 4 is 0 Å². The number of fused-ring (bicyclic) bond motifs is 5. The van der Waals surface area contributed by atoms with Gasteiger partial charge >= 0.3 is 0 Å². The molecule has 118 valence electrons. The van der Waals surface area contributed by atoms with Crippen molar-refractivity contribution < 1.29 is 15.3 Å². The van der Waals surface area contributed by atoms with E-state index in [0.717, 1.165) is 24.0 Å². The molecule has 0 spiro atoms. The van der Waals surface area contributed by atoms with E-state index in [1.165, 1.54) is 0 Å². The first-order valence-corrected chi connectivity index (χ1v) is 8.24. The Morgan fingerprint density at radius 3 is 2.68 bits per heavy atom. The Balaban J connectivity index is 1.85. The highest BCUT2D eigenvalue weighted by molar-refractivity contribution is 5.47. The van der Waals surface area contributed by atoms with Crippen molar-refractivity contribution in [2.75, 3.05) is 0 Å². The summed E-state index contributed by atoms with van der Waals surface area (Å²) in [5.74, 6) is 0.718. The molecule has 4 aliphatic carbocycles. The molecule has 0 radical (unpaired) electrons.